The first-order chi connectivity index (χ1) is 9.83. The van der Waals surface area contributed by atoms with Gasteiger partial charge in [0.25, 0.3) is 0 Å². The summed E-state index contributed by atoms with van der Waals surface area (Å²) in [4.78, 5) is 5.04. The molecule has 0 unspecified atom stereocenters. The molecule has 3 nitrogen and oxygen atoms in total. The number of benzene rings is 1. The average Bonchev–Trinajstić information content (AvgIpc) is 2.49. The van der Waals surface area contributed by atoms with Gasteiger partial charge in [0.15, 0.2) is 0 Å². The van der Waals surface area contributed by atoms with E-state index < -0.39 is 0 Å². The van der Waals surface area contributed by atoms with Crippen LogP contribution >= 0.6 is 11.6 Å². The van der Waals surface area contributed by atoms with Gasteiger partial charge in [-0.05, 0) is 43.1 Å². The van der Waals surface area contributed by atoms with Crippen LogP contribution in [0, 0.1) is 0 Å². The van der Waals surface area contributed by atoms with Crippen LogP contribution < -0.4 is 0 Å². The Morgan fingerprint density at radius 3 is 2.70 bits per heavy atom. The minimum Gasteiger partial charge on any atom is -0.379 e. The van der Waals surface area contributed by atoms with Crippen molar-refractivity contribution >= 4 is 11.6 Å². The van der Waals surface area contributed by atoms with E-state index in [1.807, 2.05) is 6.07 Å². The number of rotatable bonds is 4. The summed E-state index contributed by atoms with van der Waals surface area (Å²) in [6, 6.07) is 6.29. The molecule has 0 spiro atoms. The zero-order chi connectivity index (χ0) is 13.8. The van der Waals surface area contributed by atoms with Crippen molar-refractivity contribution in [3.63, 3.8) is 0 Å². The summed E-state index contributed by atoms with van der Waals surface area (Å²) in [6.45, 7) is 8.51. The van der Waals surface area contributed by atoms with E-state index in [9.17, 15) is 0 Å². The van der Waals surface area contributed by atoms with Gasteiger partial charge in [0.2, 0.25) is 0 Å². The molecular weight excluding hydrogens is 272 g/mol. The van der Waals surface area contributed by atoms with Crippen LogP contribution in [-0.2, 0) is 17.7 Å². The lowest BCUT2D eigenvalue weighted by Gasteiger charge is -2.31. The summed E-state index contributed by atoms with van der Waals surface area (Å²) in [5, 5.41) is 0.931. The average molecular weight is 295 g/mol. The summed E-state index contributed by atoms with van der Waals surface area (Å²) in [6.07, 6.45) is 2.37. The molecule has 0 aliphatic carbocycles. The molecule has 2 aliphatic heterocycles. The largest absolute Gasteiger partial charge is 0.379 e. The van der Waals surface area contributed by atoms with Gasteiger partial charge in [0.05, 0.1) is 13.2 Å². The maximum absolute atomic E-state index is 6.31. The van der Waals surface area contributed by atoms with Gasteiger partial charge in [-0.3, -0.25) is 9.80 Å². The molecule has 4 heteroatoms. The van der Waals surface area contributed by atoms with Gasteiger partial charge in [0, 0.05) is 31.2 Å². The van der Waals surface area contributed by atoms with Crippen molar-refractivity contribution < 1.29 is 4.74 Å². The number of fused-ring (bicyclic) bond motifs is 1. The van der Waals surface area contributed by atoms with E-state index in [1.54, 1.807) is 0 Å². The summed E-state index contributed by atoms with van der Waals surface area (Å²) < 4.78 is 5.38. The van der Waals surface area contributed by atoms with Crippen LogP contribution in [0.25, 0.3) is 0 Å². The first-order valence-electron chi connectivity index (χ1n) is 7.61. The second kappa shape index (κ2) is 6.90. The molecule has 110 valence electrons. The third-order valence-electron chi connectivity index (χ3n) is 4.35. The molecule has 1 saturated heterocycles. The van der Waals surface area contributed by atoms with Crippen LogP contribution in [-0.4, -0.2) is 55.7 Å². The number of hydrogen-bond acceptors (Lipinski definition) is 3. The molecule has 0 amide bonds. The van der Waals surface area contributed by atoms with E-state index in [-0.39, 0.29) is 0 Å². The first kappa shape index (κ1) is 14.3. The van der Waals surface area contributed by atoms with Gasteiger partial charge < -0.3 is 4.74 Å². The third kappa shape index (κ3) is 3.53. The lowest BCUT2D eigenvalue weighted by Crippen LogP contribution is -2.38. The van der Waals surface area contributed by atoms with Gasteiger partial charge in [-0.1, -0.05) is 23.7 Å². The third-order valence-corrected chi connectivity index (χ3v) is 4.70. The van der Waals surface area contributed by atoms with E-state index >= 15 is 0 Å². The predicted molar refractivity (Wildman–Crippen MR) is 82.3 cm³/mol. The Morgan fingerprint density at radius 1 is 1.05 bits per heavy atom. The first-order valence-corrected chi connectivity index (χ1v) is 7.99. The Kier molecular flexibility index (Phi) is 4.94. The topological polar surface area (TPSA) is 15.7 Å². The molecule has 0 atom stereocenters. The number of ether oxygens (including phenoxy) is 1. The maximum Gasteiger partial charge on any atom is 0.0594 e. The predicted octanol–water partition coefficient (Wildman–Crippen LogP) is 2.42. The molecule has 20 heavy (non-hydrogen) atoms. The lowest BCUT2D eigenvalue weighted by molar-refractivity contribution is 0.0359. The molecule has 2 aliphatic rings. The molecular formula is C16H23ClN2O. The van der Waals surface area contributed by atoms with Crippen molar-refractivity contribution in [3.05, 3.63) is 34.3 Å². The normalized spacial score (nSPS) is 20.9. The highest BCUT2D eigenvalue weighted by Crippen LogP contribution is 2.26. The fourth-order valence-corrected chi connectivity index (χ4v) is 3.38. The maximum atomic E-state index is 6.31. The van der Waals surface area contributed by atoms with E-state index in [1.165, 1.54) is 30.6 Å². The quantitative estimate of drug-likeness (QED) is 0.848. The van der Waals surface area contributed by atoms with E-state index in [0.29, 0.717) is 0 Å². The highest BCUT2D eigenvalue weighted by molar-refractivity contribution is 6.31. The number of halogens is 1. The molecule has 0 aromatic heterocycles. The second-order valence-corrected chi connectivity index (χ2v) is 6.12. The molecule has 0 radical (unpaired) electrons. The fraction of sp³-hybridized carbons (Fsp3) is 0.625. The summed E-state index contributed by atoms with van der Waals surface area (Å²) in [5.74, 6) is 0. The van der Waals surface area contributed by atoms with Crippen molar-refractivity contribution in [3.8, 4) is 0 Å². The van der Waals surface area contributed by atoms with E-state index in [4.69, 9.17) is 16.3 Å². The van der Waals surface area contributed by atoms with Crippen LogP contribution in [0.2, 0.25) is 5.02 Å². The number of hydrogen-bond donors (Lipinski definition) is 0. The van der Waals surface area contributed by atoms with E-state index in [2.05, 4.69) is 21.9 Å². The van der Waals surface area contributed by atoms with Gasteiger partial charge in [-0.25, -0.2) is 0 Å². The zero-order valence-electron chi connectivity index (χ0n) is 12.0. The summed E-state index contributed by atoms with van der Waals surface area (Å²) in [5.41, 5.74) is 2.77. The Bertz CT molecular complexity index is 446. The standard InChI is InChI=1S/C16H23ClN2O/c17-16-4-1-3-14-5-8-19(13-15(14)16)7-2-6-18-9-11-20-12-10-18/h1,3-4H,2,5-13H2. The molecule has 0 N–H and O–H groups in total. The van der Waals surface area contributed by atoms with Crippen LogP contribution in [0.5, 0.6) is 0 Å². The van der Waals surface area contributed by atoms with Crippen molar-refractivity contribution in [1.29, 1.82) is 0 Å². The van der Waals surface area contributed by atoms with Crippen molar-refractivity contribution in [2.24, 2.45) is 0 Å². The SMILES string of the molecule is Clc1cccc2c1CN(CCCN1CCOCC1)CC2. The highest BCUT2D eigenvalue weighted by Gasteiger charge is 2.18. The molecule has 1 aromatic rings. The van der Waals surface area contributed by atoms with Crippen molar-refractivity contribution in [1.82, 2.24) is 9.80 Å². The highest BCUT2D eigenvalue weighted by atomic mass is 35.5. The van der Waals surface area contributed by atoms with Crippen LogP contribution in [0.4, 0.5) is 0 Å². The van der Waals surface area contributed by atoms with E-state index in [0.717, 1.165) is 50.8 Å². The molecule has 0 bridgehead atoms. The van der Waals surface area contributed by atoms with Crippen LogP contribution in [0.1, 0.15) is 17.5 Å². The fourth-order valence-electron chi connectivity index (χ4n) is 3.13. The monoisotopic (exact) mass is 294 g/mol. The van der Waals surface area contributed by atoms with Gasteiger partial charge >= 0.3 is 0 Å². The molecule has 1 fully saturated rings. The smallest absolute Gasteiger partial charge is 0.0594 e. The van der Waals surface area contributed by atoms with Gasteiger partial charge in [0.1, 0.15) is 0 Å². The molecule has 3 rings (SSSR count). The zero-order valence-corrected chi connectivity index (χ0v) is 12.7. The number of morpholine rings is 1. The van der Waals surface area contributed by atoms with Crippen molar-refractivity contribution in [2.75, 3.05) is 45.9 Å². The Balaban J connectivity index is 1.46. The van der Waals surface area contributed by atoms with Crippen LogP contribution in [0.15, 0.2) is 18.2 Å². The summed E-state index contributed by atoms with van der Waals surface area (Å²) in [7, 11) is 0. The Labute approximate surface area is 126 Å². The van der Waals surface area contributed by atoms with Gasteiger partial charge in [-0.15, -0.1) is 0 Å². The number of nitrogens with zero attached hydrogens (tertiary/aromatic N) is 2. The summed E-state index contributed by atoms with van der Waals surface area (Å²) >= 11 is 6.31. The Morgan fingerprint density at radius 2 is 1.85 bits per heavy atom. The Hall–Kier alpha value is -0.610. The molecule has 2 heterocycles. The van der Waals surface area contributed by atoms with Crippen molar-refractivity contribution in [2.45, 2.75) is 19.4 Å². The minimum absolute atomic E-state index is 0.896. The van der Waals surface area contributed by atoms with Crippen LogP contribution in [0.3, 0.4) is 0 Å². The van der Waals surface area contributed by atoms with Gasteiger partial charge in [-0.2, -0.15) is 0 Å². The lowest BCUT2D eigenvalue weighted by atomic mass is 10.00. The molecule has 0 saturated carbocycles. The second-order valence-electron chi connectivity index (χ2n) is 5.71. The molecule has 1 aromatic carbocycles. The minimum atomic E-state index is 0.896.